The van der Waals surface area contributed by atoms with Crippen molar-refractivity contribution in [2.24, 2.45) is 0 Å². The molecule has 0 spiro atoms. The Kier molecular flexibility index (Phi) is 4.75. The van der Waals surface area contributed by atoms with E-state index in [9.17, 15) is 31.1 Å². The first-order valence-electron chi connectivity index (χ1n) is 6.56. The molecule has 2 amide bonds. The van der Waals surface area contributed by atoms with E-state index in [1.54, 1.807) is 0 Å². The number of carbonyl (C=O) groups excluding carboxylic acids is 1. The first-order valence-corrected chi connectivity index (χ1v) is 6.94. The number of rotatable bonds is 4. The van der Waals surface area contributed by atoms with Crippen LogP contribution in [0, 0.1) is 0 Å². The first kappa shape index (κ1) is 18.4. The Morgan fingerprint density at radius 2 is 1.75 bits per heavy atom. The Hall–Kier alpha value is -1.91. The lowest BCUT2D eigenvalue weighted by molar-refractivity contribution is -0.135. The molecule has 12 heteroatoms. The number of urea groups is 1. The summed E-state index contributed by atoms with van der Waals surface area (Å²) in [4.78, 5) is 19.4. The highest BCUT2D eigenvalue weighted by Gasteiger charge is 2.42. The Balaban J connectivity index is 2.27. The zero-order valence-electron chi connectivity index (χ0n) is 11.9. The third-order valence-electron chi connectivity index (χ3n) is 3.17. The first-order chi connectivity index (χ1) is 10.9. The van der Waals surface area contributed by atoms with Gasteiger partial charge in [-0.2, -0.15) is 31.3 Å². The molecule has 0 unspecified atom stereocenters. The number of amides is 2. The van der Waals surface area contributed by atoms with E-state index in [2.05, 4.69) is 16.5 Å². The van der Waals surface area contributed by atoms with Crippen LogP contribution in [-0.4, -0.2) is 46.3 Å². The normalized spacial score (nSPS) is 16.0. The number of anilines is 1. The number of H-pyrrole nitrogens is 1. The molecule has 1 aliphatic heterocycles. The van der Waals surface area contributed by atoms with Gasteiger partial charge >= 0.3 is 18.4 Å². The second-order valence-corrected chi connectivity index (χ2v) is 5.39. The summed E-state index contributed by atoms with van der Waals surface area (Å²) in [5.74, 6) is -0.362. The van der Waals surface area contributed by atoms with Crippen molar-refractivity contribution >= 4 is 29.1 Å². The van der Waals surface area contributed by atoms with Crippen LogP contribution in [0.3, 0.4) is 0 Å². The van der Waals surface area contributed by atoms with E-state index in [-0.39, 0.29) is 22.5 Å². The van der Waals surface area contributed by atoms with E-state index < -0.39 is 44.3 Å². The van der Waals surface area contributed by atoms with Crippen LogP contribution < -0.4 is 4.90 Å². The molecule has 1 N–H and O–H groups in total. The fraction of sp³-hybridized carbons (Fsp3) is 0.500. The number of hydrogen-bond acceptors (Lipinski definition) is 2. The number of nitrogens with zero attached hydrogens (tertiary/aromatic N) is 3. The van der Waals surface area contributed by atoms with Gasteiger partial charge in [0.15, 0.2) is 5.82 Å². The van der Waals surface area contributed by atoms with E-state index in [1.165, 1.54) is 0 Å². The van der Waals surface area contributed by atoms with E-state index in [0.29, 0.717) is 4.90 Å². The molecule has 0 bridgehead atoms. The van der Waals surface area contributed by atoms with Crippen LogP contribution in [-0.2, 0) is 0 Å². The van der Waals surface area contributed by atoms with Crippen molar-refractivity contribution in [1.29, 1.82) is 0 Å². The number of hydrogen-bond donors (Lipinski definition) is 1. The molecular formula is C12H11ClF6N4O. The van der Waals surface area contributed by atoms with Crippen LogP contribution in [0.4, 0.5) is 37.0 Å². The lowest BCUT2D eigenvalue weighted by atomic mass is 10.2. The fourth-order valence-electron chi connectivity index (χ4n) is 2.21. The highest BCUT2D eigenvalue weighted by Crippen LogP contribution is 2.36. The quantitative estimate of drug-likeness (QED) is 0.801. The largest absolute Gasteiger partial charge is 0.406 e. The molecule has 0 saturated heterocycles. The maximum Gasteiger partial charge on any atom is 0.406 e. The van der Waals surface area contributed by atoms with Crippen LogP contribution in [0.5, 0.6) is 0 Å². The SMILES string of the molecule is C=C1c2[nH]c(Cl)nc2N(CC(F)(F)F)C(=O)N1CCCC(F)(F)F. The van der Waals surface area contributed by atoms with Crippen molar-refractivity contribution in [3.05, 3.63) is 17.6 Å². The summed E-state index contributed by atoms with van der Waals surface area (Å²) < 4.78 is 74.8. The molecule has 1 aliphatic rings. The number of alkyl halides is 6. The number of aromatic nitrogens is 2. The van der Waals surface area contributed by atoms with E-state index in [1.807, 2.05) is 0 Å². The molecule has 1 aromatic rings. The number of aromatic amines is 1. The summed E-state index contributed by atoms with van der Waals surface area (Å²) in [6.07, 6.45) is -10.8. The van der Waals surface area contributed by atoms with Crippen molar-refractivity contribution in [1.82, 2.24) is 14.9 Å². The minimum atomic E-state index is -4.73. The van der Waals surface area contributed by atoms with Crippen LogP contribution in [0.1, 0.15) is 18.5 Å². The van der Waals surface area contributed by atoms with E-state index in [4.69, 9.17) is 11.6 Å². The number of carbonyl (C=O) groups is 1. The summed E-state index contributed by atoms with van der Waals surface area (Å²) in [5.41, 5.74) is -0.133. The zero-order valence-corrected chi connectivity index (χ0v) is 12.7. The Morgan fingerprint density at radius 3 is 2.29 bits per heavy atom. The Labute approximate surface area is 136 Å². The smallest absolute Gasteiger partial charge is 0.326 e. The minimum absolute atomic E-state index is 0.0455. The third-order valence-corrected chi connectivity index (χ3v) is 3.35. The van der Waals surface area contributed by atoms with Gasteiger partial charge in [-0.3, -0.25) is 9.80 Å². The molecule has 0 saturated carbocycles. The summed E-state index contributed by atoms with van der Waals surface area (Å²) >= 11 is 5.62. The maximum absolute atomic E-state index is 12.7. The van der Waals surface area contributed by atoms with Crippen LogP contribution in [0.15, 0.2) is 6.58 Å². The van der Waals surface area contributed by atoms with Gasteiger partial charge in [-0.1, -0.05) is 6.58 Å². The number of nitrogens with one attached hydrogen (secondary N) is 1. The van der Waals surface area contributed by atoms with Crippen LogP contribution >= 0.6 is 11.6 Å². The van der Waals surface area contributed by atoms with Crippen LogP contribution in [0.25, 0.3) is 5.70 Å². The standard InChI is InChI=1S/C12H11ClF6N4O/c1-6-7-8(21-9(13)20-7)23(5-12(17,18)19)10(24)22(6)4-2-3-11(14,15)16/h1-5H2,(H,20,21). The van der Waals surface area contributed by atoms with Gasteiger partial charge in [0.25, 0.3) is 0 Å². The average Bonchev–Trinajstić information content (AvgIpc) is 2.78. The Morgan fingerprint density at radius 1 is 1.12 bits per heavy atom. The second-order valence-electron chi connectivity index (χ2n) is 5.03. The number of imidazole rings is 1. The molecule has 134 valence electrons. The van der Waals surface area contributed by atoms with E-state index in [0.717, 1.165) is 4.90 Å². The molecule has 1 aromatic heterocycles. The zero-order chi connectivity index (χ0) is 18.3. The molecular weight excluding hydrogens is 366 g/mol. The molecule has 5 nitrogen and oxygen atoms in total. The lowest BCUT2D eigenvalue weighted by Crippen LogP contribution is -2.50. The fourth-order valence-corrected chi connectivity index (χ4v) is 2.38. The Bertz CT molecular complexity index is 653. The highest BCUT2D eigenvalue weighted by atomic mass is 35.5. The van der Waals surface area contributed by atoms with Gasteiger partial charge < -0.3 is 4.98 Å². The second kappa shape index (κ2) is 6.19. The summed E-state index contributed by atoms with van der Waals surface area (Å²) in [6, 6.07) is -1.16. The lowest BCUT2D eigenvalue weighted by Gasteiger charge is -2.35. The van der Waals surface area contributed by atoms with Crippen LogP contribution in [0.2, 0.25) is 5.28 Å². The number of fused-ring (bicyclic) bond motifs is 1. The molecule has 2 heterocycles. The van der Waals surface area contributed by atoms with Gasteiger partial charge in [-0.15, -0.1) is 0 Å². The molecule has 0 aromatic carbocycles. The molecule has 0 fully saturated rings. The predicted molar refractivity (Wildman–Crippen MR) is 73.4 cm³/mol. The summed E-state index contributed by atoms with van der Waals surface area (Å²) in [5, 5.41) is -0.265. The minimum Gasteiger partial charge on any atom is -0.326 e. The van der Waals surface area contributed by atoms with Crippen molar-refractivity contribution in [3.63, 3.8) is 0 Å². The van der Waals surface area contributed by atoms with Crippen molar-refractivity contribution in [2.75, 3.05) is 18.0 Å². The van der Waals surface area contributed by atoms with Gasteiger partial charge in [0.05, 0.1) is 5.70 Å². The topological polar surface area (TPSA) is 52.2 Å². The monoisotopic (exact) mass is 376 g/mol. The number of halogens is 7. The van der Waals surface area contributed by atoms with Crippen molar-refractivity contribution < 1.29 is 31.1 Å². The van der Waals surface area contributed by atoms with Gasteiger partial charge in [-0.05, 0) is 18.0 Å². The molecule has 24 heavy (non-hydrogen) atoms. The maximum atomic E-state index is 12.7. The summed E-state index contributed by atoms with van der Waals surface area (Å²) in [6.45, 7) is 1.44. The highest BCUT2D eigenvalue weighted by molar-refractivity contribution is 6.28. The molecule has 2 rings (SSSR count). The van der Waals surface area contributed by atoms with Gasteiger partial charge in [0.2, 0.25) is 5.28 Å². The van der Waals surface area contributed by atoms with Gasteiger partial charge in [-0.25, -0.2) is 4.79 Å². The van der Waals surface area contributed by atoms with Gasteiger partial charge in [0.1, 0.15) is 12.2 Å². The average molecular weight is 377 g/mol. The van der Waals surface area contributed by atoms with Gasteiger partial charge in [0, 0.05) is 13.0 Å². The third kappa shape index (κ3) is 4.13. The van der Waals surface area contributed by atoms with Crippen molar-refractivity contribution in [3.8, 4) is 0 Å². The van der Waals surface area contributed by atoms with Crippen molar-refractivity contribution in [2.45, 2.75) is 25.2 Å². The molecule has 0 atom stereocenters. The predicted octanol–water partition coefficient (Wildman–Crippen LogP) is 4.18. The molecule has 0 radical (unpaired) electrons. The summed E-state index contributed by atoms with van der Waals surface area (Å²) in [7, 11) is 0. The molecule has 0 aliphatic carbocycles. The van der Waals surface area contributed by atoms with E-state index >= 15 is 0 Å².